The normalized spacial score (nSPS) is 16.2. The van der Waals surface area contributed by atoms with Gasteiger partial charge in [-0.1, -0.05) is 24.1 Å². The first-order chi connectivity index (χ1) is 8.13. The summed E-state index contributed by atoms with van der Waals surface area (Å²) in [5, 5.41) is 8.71. The summed E-state index contributed by atoms with van der Waals surface area (Å²) in [5.74, 6) is 2.15. The SMILES string of the molecule is C#CCOC1=CC=C(CC(N)C(=O)O)C=CC1. The highest BCUT2D eigenvalue weighted by molar-refractivity contribution is 5.73. The van der Waals surface area contributed by atoms with Crippen molar-refractivity contribution >= 4 is 5.97 Å². The highest BCUT2D eigenvalue weighted by Gasteiger charge is 2.12. The van der Waals surface area contributed by atoms with E-state index in [1.807, 2.05) is 12.2 Å². The van der Waals surface area contributed by atoms with Gasteiger partial charge in [0, 0.05) is 6.42 Å². The maximum atomic E-state index is 10.6. The smallest absolute Gasteiger partial charge is 0.320 e. The summed E-state index contributed by atoms with van der Waals surface area (Å²) in [6, 6.07) is -0.882. The molecule has 0 aromatic carbocycles. The van der Waals surface area contributed by atoms with Crippen molar-refractivity contribution in [3.05, 3.63) is 35.6 Å². The molecule has 90 valence electrons. The number of carboxylic acid groups (broad SMARTS) is 1. The Morgan fingerprint density at radius 2 is 2.41 bits per heavy atom. The Hall–Kier alpha value is -1.99. The first-order valence-corrected chi connectivity index (χ1v) is 5.24. The Balaban J connectivity index is 2.63. The highest BCUT2D eigenvalue weighted by Crippen LogP contribution is 2.15. The molecule has 0 bridgehead atoms. The van der Waals surface area contributed by atoms with E-state index in [4.69, 9.17) is 22.0 Å². The summed E-state index contributed by atoms with van der Waals surface area (Å²) in [6.07, 6.45) is 13.4. The van der Waals surface area contributed by atoms with Crippen LogP contribution in [-0.4, -0.2) is 23.7 Å². The largest absolute Gasteiger partial charge is 0.485 e. The lowest BCUT2D eigenvalue weighted by atomic mass is 10.1. The minimum atomic E-state index is -1.00. The molecule has 4 nitrogen and oxygen atoms in total. The number of carbonyl (C=O) groups is 1. The second-order valence-corrected chi connectivity index (χ2v) is 3.62. The van der Waals surface area contributed by atoms with Crippen LogP contribution in [0, 0.1) is 12.3 Å². The van der Waals surface area contributed by atoms with E-state index in [0.717, 1.165) is 11.3 Å². The predicted molar refractivity (Wildman–Crippen MR) is 64.9 cm³/mol. The molecule has 17 heavy (non-hydrogen) atoms. The fourth-order valence-electron chi connectivity index (χ4n) is 1.37. The third kappa shape index (κ3) is 4.58. The molecule has 0 radical (unpaired) electrons. The molecule has 1 aliphatic rings. The summed E-state index contributed by atoms with van der Waals surface area (Å²) < 4.78 is 5.29. The van der Waals surface area contributed by atoms with Crippen molar-refractivity contribution in [2.24, 2.45) is 5.73 Å². The van der Waals surface area contributed by atoms with Crippen LogP contribution in [0.15, 0.2) is 35.6 Å². The molecule has 0 saturated carbocycles. The molecule has 0 spiro atoms. The van der Waals surface area contributed by atoms with E-state index >= 15 is 0 Å². The first-order valence-electron chi connectivity index (χ1n) is 5.24. The van der Waals surface area contributed by atoms with E-state index in [2.05, 4.69) is 5.92 Å². The van der Waals surface area contributed by atoms with Gasteiger partial charge in [-0.15, -0.1) is 6.42 Å². The van der Waals surface area contributed by atoms with Crippen LogP contribution in [0.5, 0.6) is 0 Å². The number of ether oxygens (including phenoxy) is 1. The maximum Gasteiger partial charge on any atom is 0.320 e. The molecule has 0 fully saturated rings. The molecule has 0 saturated heterocycles. The van der Waals surface area contributed by atoms with Gasteiger partial charge in [-0.3, -0.25) is 4.79 Å². The van der Waals surface area contributed by atoms with Crippen molar-refractivity contribution in [3.8, 4) is 12.3 Å². The second-order valence-electron chi connectivity index (χ2n) is 3.62. The molecule has 0 heterocycles. The highest BCUT2D eigenvalue weighted by atomic mass is 16.5. The summed E-state index contributed by atoms with van der Waals surface area (Å²) >= 11 is 0. The number of hydrogen-bond acceptors (Lipinski definition) is 3. The van der Waals surface area contributed by atoms with Gasteiger partial charge in [-0.2, -0.15) is 0 Å². The van der Waals surface area contributed by atoms with E-state index in [1.54, 1.807) is 12.2 Å². The molecular formula is C13H15NO3. The lowest BCUT2D eigenvalue weighted by molar-refractivity contribution is -0.138. The van der Waals surface area contributed by atoms with Crippen LogP contribution in [-0.2, 0) is 9.53 Å². The molecule has 0 aliphatic heterocycles. The standard InChI is InChI=1S/C13H15NO3/c1-2-8-17-11-5-3-4-10(6-7-11)9-12(14)13(15)16/h1,3-4,6-7,12H,5,8-9,14H2,(H,15,16). The minimum Gasteiger partial charge on any atom is -0.485 e. The monoisotopic (exact) mass is 233 g/mol. The molecule has 0 aromatic rings. The van der Waals surface area contributed by atoms with Crippen LogP contribution in [0.1, 0.15) is 12.8 Å². The molecule has 1 aliphatic carbocycles. The number of hydrogen-bond donors (Lipinski definition) is 2. The summed E-state index contributed by atoms with van der Waals surface area (Å²) in [5.41, 5.74) is 6.32. The van der Waals surface area contributed by atoms with Crippen molar-refractivity contribution in [1.29, 1.82) is 0 Å². The molecule has 1 unspecified atom stereocenters. The van der Waals surface area contributed by atoms with Gasteiger partial charge in [0.2, 0.25) is 0 Å². The van der Waals surface area contributed by atoms with Crippen LogP contribution in [0.3, 0.4) is 0 Å². The van der Waals surface area contributed by atoms with Gasteiger partial charge in [0.1, 0.15) is 18.4 Å². The number of aliphatic carboxylic acids is 1. The zero-order valence-corrected chi connectivity index (χ0v) is 9.43. The first kappa shape index (κ1) is 13.1. The van der Waals surface area contributed by atoms with Gasteiger partial charge in [-0.25, -0.2) is 0 Å². The number of rotatable bonds is 5. The Morgan fingerprint density at radius 1 is 1.65 bits per heavy atom. The quantitative estimate of drug-likeness (QED) is 0.700. The minimum absolute atomic E-state index is 0.234. The van der Waals surface area contributed by atoms with E-state index in [1.165, 1.54) is 0 Å². The number of nitrogens with two attached hydrogens (primary N) is 1. The van der Waals surface area contributed by atoms with Crippen molar-refractivity contribution in [2.45, 2.75) is 18.9 Å². The molecule has 4 heteroatoms. The van der Waals surface area contributed by atoms with Gasteiger partial charge in [0.15, 0.2) is 0 Å². The fourth-order valence-corrected chi connectivity index (χ4v) is 1.37. The van der Waals surface area contributed by atoms with Crippen LogP contribution in [0.25, 0.3) is 0 Å². The van der Waals surface area contributed by atoms with Gasteiger partial charge in [0.05, 0.1) is 0 Å². The molecule has 1 rings (SSSR count). The van der Waals surface area contributed by atoms with Crippen molar-refractivity contribution in [3.63, 3.8) is 0 Å². The summed E-state index contributed by atoms with van der Waals surface area (Å²) in [6.45, 7) is 0.234. The number of carboxylic acids is 1. The molecule has 1 atom stereocenters. The topological polar surface area (TPSA) is 72.5 Å². The van der Waals surface area contributed by atoms with Crippen LogP contribution < -0.4 is 5.73 Å². The van der Waals surface area contributed by atoms with Gasteiger partial charge in [-0.05, 0) is 18.1 Å². The average Bonchev–Trinajstić information content (AvgIpc) is 2.52. The van der Waals surface area contributed by atoms with E-state index < -0.39 is 12.0 Å². The van der Waals surface area contributed by atoms with Gasteiger partial charge in [0.25, 0.3) is 0 Å². The Kier molecular flexibility index (Phi) is 5.05. The van der Waals surface area contributed by atoms with E-state index in [0.29, 0.717) is 12.8 Å². The van der Waals surface area contributed by atoms with Crippen LogP contribution >= 0.6 is 0 Å². The van der Waals surface area contributed by atoms with E-state index in [9.17, 15) is 4.79 Å². The lowest BCUT2D eigenvalue weighted by Gasteiger charge is -2.05. The van der Waals surface area contributed by atoms with Crippen LogP contribution in [0.2, 0.25) is 0 Å². The zero-order chi connectivity index (χ0) is 12.7. The molecular weight excluding hydrogens is 218 g/mol. The zero-order valence-electron chi connectivity index (χ0n) is 9.43. The van der Waals surface area contributed by atoms with Crippen molar-refractivity contribution in [1.82, 2.24) is 0 Å². The van der Waals surface area contributed by atoms with E-state index in [-0.39, 0.29) is 6.61 Å². The average molecular weight is 233 g/mol. The number of terminal acetylenes is 1. The Morgan fingerprint density at radius 3 is 3.06 bits per heavy atom. The van der Waals surface area contributed by atoms with Crippen molar-refractivity contribution < 1.29 is 14.6 Å². The molecule has 3 N–H and O–H groups in total. The third-order valence-corrected chi connectivity index (χ3v) is 2.25. The molecule has 0 amide bonds. The van der Waals surface area contributed by atoms with Gasteiger partial charge >= 0.3 is 5.97 Å². The number of allylic oxidation sites excluding steroid dienone is 4. The van der Waals surface area contributed by atoms with Crippen molar-refractivity contribution in [2.75, 3.05) is 6.61 Å². The third-order valence-electron chi connectivity index (χ3n) is 2.25. The second kappa shape index (κ2) is 6.56. The maximum absolute atomic E-state index is 10.6. The Labute approximate surface area is 100 Å². The molecule has 0 aromatic heterocycles. The lowest BCUT2D eigenvalue weighted by Crippen LogP contribution is -2.30. The summed E-state index contributed by atoms with van der Waals surface area (Å²) in [4.78, 5) is 10.6. The van der Waals surface area contributed by atoms with Gasteiger partial charge < -0.3 is 15.6 Å². The predicted octanol–water partition coefficient (Wildman–Crippen LogP) is 1.21. The Bertz CT molecular complexity index is 413. The summed E-state index contributed by atoms with van der Waals surface area (Å²) in [7, 11) is 0. The fraction of sp³-hybridized carbons (Fsp3) is 0.308. The van der Waals surface area contributed by atoms with Crippen LogP contribution in [0.4, 0.5) is 0 Å².